The van der Waals surface area contributed by atoms with Crippen molar-refractivity contribution in [2.24, 2.45) is 4.99 Å². The highest BCUT2D eigenvalue weighted by Gasteiger charge is 2.73. The number of carbonyl (C=O) groups is 1. The first kappa shape index (κ1) is 19.6. The zero-order valence-corrected chi connectivity index (χ0v) is 14.7. The molecule has 1 heterocycles. The van der Waals surface area contributed by atoms with Gasteiger partial charge in [-0.15, -0.1) is 0 Å². The van der Waals surface area contributed by atoms with E-state index in [9.17, 15) is 33.2 Å². The highest BCUT2D eigenvalue weighted by Crippen LogP contribution is 2.50. The van der Waals surface area contributed by atoms with Crippen molar-refractivity contribution in [1.82, 2.24) is 4.90 Å². The molecule has 2 N–H and O–H groups in total. The van der Waals surface area contributed by atoms with Crippen LogP contribution in [0.1, 0.15) is 12.8 Å². The van der Waals surface area contributed by atoms with E-state index in [4.69, 9.17) is 23.2 Å². The smallest absolute Gasteiger partial charge is 0.359 e. The molecule has 0 radical (unpaired) electrons. The van der Waals surface area contributed by atoms with Crippen LogP contribution in [0.25, 0.3) is 0 Å². The topological polar surface area (TPSA) is 108 Å². The van der Waals surface area contributed by atoms with E-state index < -0.39 is 39.1 Å². The van der Waals surface area contributed by atoms with Crippen LogP contribution in [0.3, 0.4) is 0 Å². The Hall–Kier alpha value is -2.11. The second kappa shape index (κ2) is 6.21. The number of benzene rings is 1. The second-order valence-corrected chi connectivity index (χ2v) is 7.34. The third-order valence-corrected chi connectivity index (χ3v) is 4.91. The van der Waals surface area contributed by atoms with Gasteiger partial charge in [0.1, 0.15) is 0 Å². The average molecular weight is 427 g/mol. The number of aliphatic hydroxyl groups is 1. The molecular formula is C14H11Cl2F3N4O4. The Kier molecular flexibility index (Phi) is 4.52. The summed E-state index contributed by atoms with van der Waals surface area (Å²) in [5, 5.41) is 23.2. The predicted molar refractivity (Wildman–Crippen MR) is 89.5 cm³/mol. The van der Waals surface area contributed by atoms with E-state index in [0.717, 1.165) is 17.0 Å². The first-order valence-corrected chi connectivity index (χ1v) is 8.26. The van der Waals surface area contributed by atoms with Crippen molar-refractivity contribution in [3.8, 4) is 0 Å². The Morgan fingerprint density at radius 1 is 1.30 bits per heavy atom. The monoisotopic (exact) mass is 426 g/mol. The summed E-state index contributed by atoms with van der Waals surface area (Å²) in [5.74, 6) is -1.97. The molecule has 1 aliphatic heterocycles. The maximum Gasteiger partial charge on any atom is 0.442 e. The number of nitro benzene ring substituents is 1. The van der Waals surface area contributed by atoms with Crippen LogP contribution in [0.4, 0.5) is 24.5 Å². The lowest BCUT2D eigenvalue weighted by atomic mass is 10.1. The summed E-state index contributed by atoms with van der Waals surface area (Å²) in [6, 6.07) is 4.17. The van der Waals surface area contributed by atoms with Crippen molar-refractivity contribution in [3.63, 3.8) is 0 Å². The molecule has 1 fully saturated rings. The zero-order chi connectivity index (χ0) is 20.2. The van der Waals surface area contributed by atoms with Gasteiger partial charge in [0.2, 0.25) is 5.96 Å². The molecule has 1 amide bonds. The van der Waals surface area contributed by atoms with Crippen molar-refractivity contribution < 1.29 is 28.0 Å². The lowest BCUT2D eigenvalue weighted by Crippen LogP contribution is -2.68. The molecule has 3 rings (SSSR count). The summed E-state index contributed by atoms with van der Waals surface area (Å²) in [4.78, 5) is 26.6. The average Bonchev–Trinajstić information content (AvgIpc) is 3.37. The summed E-state index contributed by atoms with van der Waals surface area (Å²) < 4.78 is 36.9. The number of nitrogens with zero attached hydrogens (tertiary/aromatic N) is 3. The van der Waals surface area contributed by atoms with Crippen molar-refractivity contribution in [2.45, 2.75) is 35.1 Å². The van der Waals surface area contributed by atoms with Gasteiger partial charge in [-0.2, -0.15) is 13.2 Å². The summed E-state index contributed by atoms with van der Waals surface area (Å²) >= 11 is 11.2. The van der Waals surface area contributed by atoms with Gasteiger partial charge in [0.05, 0.1) is 4.92 Å². The molecule has 1 saturated carbocycles. The SMILES string of the molecule is O=C1N(C2CC2)C(Nc2ccc([N+](=O)[O-])cc2)=NC(O)(C(F)(F)F)C1(Cl)Cl. The Morgan fingerprint density at radius 3 is 2.30 bits per heavy atom. The number of rotatable bonds is 3. The highest BCUT2D eigenvalue weighted by molar-refractivity contribution is 6.60. The van der Waals surface area contributed by atoms with E-state index in [0.29, 0.717) is 12.8 Å². The third kappa shape index (κ3) is 3.19. The Balaban J connectivity index is 2.04. The highest BCUT2D eigenvalue weighted by atomic mass is 35.5. The molecule has 1 aliphatic carbocycles. The molecule has 0 saturated heterocycles. The molecule has 1 aromatic carbocycles. The van der Waals surface area contributed by atoms with E-state index in [1.165, 1.54) is 12.1 Å². The Labute approximate surface area is 159 Å². The minimum atomic E-state index is -5.44. The number of nitro groups is 1. The summed E-state index contributed by atoms with van der Waals surface area (Å²) in [5.41, 5.74) is -4.21. The van der Waals surface area contributed by atoms with Crippen LogP contribution in [-0.4, -0.2) is 49.1 Å². The molecular weight excluding hydrogens is 416 g/mol. The molecule has 146 valence electrons. The minimum absolute atomic E-state index is 0.110. The normalized spacial score (nSPS) is 25.2. The zero-order valence-electron chi connectivity index (χ0n) is 13.2. The molecule has 27 heavy (non-hydrogen) atoms. The maximum atomic E-state index is 13.4. The fraction of sp³-hybridized carbons (Fsp3) is 0.429. The van der Waals surface area contributed by atoms with Crippen molar-refractivity contribution >= 4 is 46.4 Å². The number of hydrogen-bond donors (Lipinski definition) is 2. The van der Waals surface area contributed by atoms with Crippen molar-refractivity contribution in [1.29, 1.82) is 0 Å². The van der Waals surface area contributed by atoms with Gasteiger partial charge in [-0.3, -0.25) is 19.8 Å². The fourth-order valence-corrected chi connectivity index (χ4v) is 2.95. The van der Waals surface area contributed by atoms with Gasteiger partial charge in [0.15, 0.2) is 0 Å². The number of carbonyl (C=O) groups excluding carboxylic acids is 1. The van der Waals surface area contributed by atoms with Gasteiger partial charge in [-0.25, -0.2) is 4.99 Å². The molecule has 0 spiro atoms. The number of amides is 1. The fourth-order valence-electron chi connectivity index (χ4n) is 2.47. The number of guanidine groups is 1. The number of hydrogen-bond acceptors (Lipinski definition) is 6. The Morgan fingerprint density at radius 2 is 1.85 bits per heavy atom. The molecule has 0 bridgehead atoms. The van der Waals surface area contributed by atoms with E-state index in [-0.39, 0.29) is 11.4 Å². The number of alkyl halides is 5. The molecule has 1 atom stereocenters. The van der Waals surface area contributed by atoms with Gasteiger partial charge in [-0.05, 0) is 25.0 Å². The van der Waals surface area contributed by atoms with Crippen LogP contribution < -0.4 is 5.32 Å². The molecule has 13 heteroatoms. The number of non-ortho nitro benzene ring substituents is 1. The van der Waals surface area contributed by atoms with E-state index in [1.807, 2.05) is 0 Å². The lowest BCUT2D eigenvalue weighted by molar-refractivity contribution is -0.384. The van der Waals surface area contributed by atoms with Crippen LogP contribution >= 0.6 is 23.2 Å². The van der Waals surface area contributed by atoms with E-state index in [2.05, 4.69) is 10.3 Å². The van der Waals surface area contributed by atoms with Crippen LogP contribution in [0, 0.1) is 10.1 Å². The quantitative estimate of drug-likeness (QED) is 0.438. The van der Waals surface area contributed by atoms with Crippen LogP contribution in [0.15, 0.2) is 29.3 Å². The van der Waals surface area contributed by atoms with Crippen LogP contribution in [0.5, 0.6) is 0 Å². The second-order valence-electron chi connectivity index (χ2n) is 6.02. The number of halogens is 5. The largest absolute Gasteiger partial charge is 0.442 e. The number of anilines is 1. The molecule has 1 unspecified atom stereocenters. The molecule has 8 nitrogen and oxygen atoms in total. The standard InChI is InChI=1S/C14H11Cl2F3N4O4/c15-12(16)10(24)22(8-5-6-8)11(21-13(12,25)14(17,18)19)20-7-1-3-9(4-2-7)23(26)27/h1-4,8,25H,5-6H2,(H,20,21). The van der Waals surface area contributed by atoms with Crippen LogP contribution in [-0.2, 0) is 4.79 Å². The Bertz CT molecular complexity index is 827. The lowest BCUT2D eigenvalue weighted by Gasteiger charge is -2.43. The van der Waals surface area contributed by atoms with Gasteiger partial charge in [0, 0.05) is 23.9 Å². The third-order valence-electron chi connectivity index (χ3n) is 4.06. The maximum absolute atomic E-state index is 13.4. The van der Waals surface area contributed by atoms with Crippen molar-refractivity contribution in [3.05, 3.63) is 34.4 Å². The number of nitrogens with one attached hydrogen (secondary N) is 1. The summed E-state index contributed by atoms with van der Waals surface area (Å²) in [7, 11) is 0. The van der Waals surface area contributed by atoms with Crippen molar-refractivity contribution in [2.75, 3.05) is 5.32 Å². The molecule has 1 aromatic rings. The molecule has 0 aromatic heterocycles. The van der Waals surface area contributed by atoms with E-state index in [1.54, 1.807) is 0 Å². The van der Waals surface area contributed by atoms with Gasteiger partial charge < -0.3 is 10.4 Å². The summed E-state index contributed by atoms with van der Waals surface area (Å²) in [6.45, 7) is 0. The van der Waals surface area contributed by atoms with E-state index >= 15 is 0 Å². The van der Waals surface area contributed by atoms with Crippen LogP contribution in [0.2, 0.25) is 0 Å². The number of aliphatic imine (C=N–C) groups is 1. The van der Waals surface area contributed by atoms with Gasteiger partial charge in [0.25, 0.3) is 21.7 Å². The minimum Gasteiger partial charge on any atom is -0.359 e. The molecule has 2 aliphatic rings. The van der Waals surface area contributed by atoms with Gasteiger partial charge in [-0.1, -0.05) is 23.2 Å². The first-order valence-electron chi connectivity index (χ1n) is 7.50. The predicted octanol–water partition coefficient (Wildman–Crippen LogP) is 2.79. The van der Waals surface area contributed by atoms with Gasteiger partial charge >= 0.3 is 6.18 Å². The first-order chi connectivity index (χ1) is 12.4. The summed E-state index contributed by atoms with van der Waals surface area (Å²) in [6.07, 6.45) is -4.47.